The van der Waals surface area contributed by atoms with Crippen LogP contribution in [0.1, 0.15) is 31.4 Å². The standard InChI is InChI=1S/C17H21ClN2O2/c18-14-7-5-13(6-8-14)17-11-16(22-19-17)12-20-9-1-3-15(20)4-2-10-21/h5-8,11,15,21H,1-4,9-10,12H2. The van der Waals surface area contributed by atoms with Crippen molar-refractivity contribution in [2.75, 3.05) is 13.2 Å². The molecule has 0 amide bonds. The molecule has 1 aromatic carbocycles. The summed E-state index contributed by atoms with van der Waals surface area (Å²) in [5.41, 5.74) is 1.86. The van der Waals surface area contributed by atoms with E-state index < -0.39 is 0 Å². The van der Waals surface area contributed by atoms with Crippen molar-refractivity contribution >= 4 is 11.6 Å². The van der Waals surface area contributed by atoms with Crippen LogP contribution in [0.2, 0.25) is 5.02 Å². The molecule has 3 rings (SSSR count). The molecule has 0 aliphatic carbocycles. The number of likely N-dealkylation sites (tertiary alicyclic amines) is 1. The van der Waals surface area contributed by atoms with Crippen molar-refractivity contribution in [1.82, 2.24) is 10.1 Å². The summed E-state index contributed by atoms with van der Waals surface area (Å²) in [7, 11) is 0. The second kappa shape index (κ2) is 7.27. The third-order valence-electron chi connectivity index (χ3n) is 4.25. The number of hydrogen-bond donors (Lipinski definition) is 1. The van der Waals surface area contributed by atoms with E-state index in [1.54, 1.807) is 0 Å². The van der Waals surface area contributed by atoms with Gasteiger partial charge in [-0.15, -0.1) is 0 Å². The number of halogens is 1. The summed E-state index contributed by atoms with van der Waals surface area (Å²) in [4.78, 5) is 2.43. The average Bonchev–Trinajstić information content (AvgIpc) is 3.16. The van der Waals surface area contributed by atoms with Crippen LogP contribution in [0.3, 0.4) is 0 Å². The molecule has 118 valence electrons. The Balaban J connectivity index is 1.65. The lowest BCUT2D eigenvalue weighted by Gasteiger charge is -2.22. The van der Waals surface area contributed by atoms with E-state index in [1.807, 2.05) is 30.3 Å². The van der Waals surface area contributed by atoms with E-state index >= 15 is 0 Å². The second-order valence-corrected chi connectivity index (χ2v) is 6.25. The molecule has 1 aromatic heterocycles. The Morgan fingerprint density at radius 3 is 2.91 bits per heavy atom. The third-order valence-corrected chi connectivity index (χ3v) is 4.50. The summed E-state index contributed by atoms with van der Waals surface area (Å²) in [5.74, 6) is 0.890. The van der Waals surface area contributed by atoms with Gasteiger partial charge in [-0.25, -0.2) is 0 Å². The van der Waals surface area contributed by atoms with Gasteiger partial charge in [-0.3, -0.25) is 4.90 Å². The van der Waals surface area contributed by atoms with Crippen LogP contribution in [0, 0.1) is 0 Å². The summed E-state index contributed by atoms with van der Waals surface area (Å²) in [5, 5.41) is 13.9. The van der Waals surface area contributed by atoms with Crippen molar-refractivity contribution in [2.45, 2.75) is 38.3 Å². The Hall–Kier alpha value is -1.36. The number of hydrogen-bond acceptors (Lipinski definition) is 4. The van der Waals surface area contributed by atoms with Crippen LogP contribution in [0.15, 0.2) is 34.9 Å². The summed E-state index contributed by atoms with van der Waals surface area (Å²) >= 11 is 5.91. The van der Waals surface area contributed by atoms with Crippen LogP contribution >= 0.6 is 11.6 Å². The van der Waals surface area contributed by atoms with Crippen molar-refractivity contribution in [3.63, 3.8) is 0 Å². The van der Waals surface area contributed by atoms with Crippen molar-refractivity contribution < 1.29 is 9.63 Å². The molecule has 5 heteroatoms. The Morgan fingerprint density at radius 1 is 1.32 bits per heavy atom. The normalized spacial score (nSPS) is 18.9. The molecule has 1 aliphatic rings. The fourth-order valence-corrected chi connectivity index (χ4v) is 3.23. The molecule has 1 N–H and O–H groups in total. The first-order chi connectivity index (χ1) is 10.8. The maximum atomic E-state index is 9.00. The predicted molar refractivity (Wildman–Crippen MR) is 86.7 cm³/mol. The Kier molecular flexibility index (Phi) is 5.13. The first-order valence-corrected chi connectivity index (χ1v) is 8.20. The minimum atomic E-state index is 0.271. The van der Waals surface area contributed by atoms with Crippen LogP contribution < -0.4 is 0 Å². The maximum Gasteiger partial charge on any atom is 0.151 e. The maximum absolute atomic E-state index is 9.00. The van der Waals surface area contributed by atoms with E-state index in [2.05, 4.69) is 10.1 Å². The van der Waals surface area contributed by atoms with Gasteiger partial charge in [-0.2, -0.15) is 0 Å². The van der Waals surface area contributed by atoms with Crippen LogP contribution in [-0.2, 0) is 6.54 Å². The van der Waals surface area contributed by atoms with Crippen LogP contribution in [0.25, 0.3) is 11.3 Å². The number of nitrogens with zero attached hydrogens (tertiary/aromatic N) is 2. The molecule has 0 saturated carbocycles. The van der Waals surface area contributed by atoms with Gasteiger partial charge in [-0.05, 0) is 44.4 Å². The van der Waals surface area contributed by atoms with E-state index in [0.717, 1.165) is 48.0 Å². The highest BCUT2D eigenvalue weighted by Gasteiger charge is 2.25. The lowest BCUT2D eigenvalue weighted by atomic mass is 10.1. The van der Waals surface area contributed by atoms with Crippen molar-refractivity contribution in [1.29, 1.82) is 0 Å². The lowest BCUT2D eigenvalue weighted by Crippen LogP contribution is -2.28. The molecule has 1 aliphatic heterocycles. The summed E-state index contributed by atoms with van der Waals surface area (Å²) in [6, 6.07) is 10.2. The predicted octanol–water partition coefficient (Wildman–Crippen LogP) is 3.73. The van der Waals surface area contributed by atoms with Crippen LogP contribution in [0.5, 0.6) is 0 Å². The van der Waals surface area contributed by atoms with Gasteiger partial charge in [0.05, 0.1) is 6.54 Å². The zero-order chi connectivity index (χ0) is 15.4. The second-order valence-electron chi connectivity index (χ2n) is 5.82. The first-order valence-electron chi connectivity index (χ1n) is 7.82. The number of aliphatic hydroxyl groups is 1. The fraction of sp³-hybridized carbons (Fsp3) is 0.471. The number of benzene rings is 1. The Morgan fingerprint density at radius 2 is 2.14 bits per heavy atom. The van der Waals surface area contributed by atoms with Gasteiger partial charge in [0.15, 0.2) is 5.76 Å². The molecule has 0 bridgehead atoms. The van der Waals surface area contributed by atoms with Crippen molar-refractivity contribution in [2.24, 2.45) is 0 Å². The SMILES string of the molecule is OCCCC1CCCN1Cc1cc(-c2ccc(Cl)cc2)no1. The van der Waals surface area contributed by atoms with Crippen molar-refractivity contribution in [3.05, 3.63) is 41.1 Å². The van der Waals surface area contributed by atoms with Gasteiger partial charge in [0.1, 0.15) is 5.69 Å². The molecule has 2 aromatic rings. The van der Waals surface area contributed by atoms with Crippen molar-refractivity contribution in [3.8, 4) is 11.3 Å². The molecule has 1 fully saturated rings. The Labute approximate surface area is 135 Å². The summed E-state index contributed by atoms with van der Waals surface area (Å²) in [6.07, 6.45) is 4.34. The number of aromatic nitrogens is 1. The minimum absolute atomic E-state index is 0.271. The Bertz CT molecular complexity index is 597. The van der Waals surface area contributed by atoms with E-state index in [4.69, 9.17) is 21.2 Å². The summed E-state index contributed by atoms with van der Waals surface area (Å²) < 4.78 is 5.49. The van der Waals surface area contributed by atoms with Gasteiger partial charge >= 0.3 is 0 Å². The first kappa shape index (κ1) is 15.5. The zero-order valence-corrected chi connectivity index (χ0v) is 13.3. The van der Waals surface area contributed by atoms with E-state index in [-0.39, 0.29) is 6.61 Å². The molecule has 0 radical (unpaired) electrons. The average molecular weight is 321 g/mol. The summed E-state index contributed by atoms with van der Waals surface area (Å²) in [6.45, 7) is 2.15. The van der Waals surface area contributed by atoms with Gasteiger partial charge < -0.3 is 9.63 Å². The van der Waals surface area contributed by atoms with Gasteiger partial charge in [0, 0.05) is 29.3 Å². The molecule has 1 atom stereocenters. The zero-order valence-electron chi connectivity index (χ0n) is 12.5. The smallest absolute Gasteiger partial charge is 0.151 e. The van der Waals surface area contributed by atoms with Gasteiger partial charge in [0.25, 0.3) is 0 Å². The highest BCUT2D eigenvalue weighted by Crippen LogP contribution is 2.26. The molecule has 22 heavy (non-hydrogen) atoms. The van der Waals surface area contributed by atoms with Crippen LogP contribution in [-0.4, -0.2) is 34.4 Å². The topological polar surface area (TPSA) is 49.5 Å². The van der Waals surface area contributed by atoms with Gasteiger partial charge in [-0.1, -0.05) is 28.9 Å². The molecule has 1 saturated heterocycles. The minimum Gasteiger partial charge on any atom is -0.396 e. The molecule has 1 unspecified atom stereocenters. The molecule has 4 nitrogen and oxygen atoms in total. The molecule has 0 spiro atoms. The van der Waals surface area contributed by atoms with Gasteiger partial charge in [0.2, 0.25) is 0 Å². The van der Waals surface area contributed by atoms with E-state index in [1.165, 1.54) is 12.8 Å². The largest absolute Gasteiger partial charge is 0.396 e. The number of rotatable bonds is 6. The fourth-order valence-electron chi connectivity index (χ4n) is 3.10. The van der Waals surface area contributed by atoms with E-state index in [9.17, 15) is 0 Å². The van der Waals surface area contributed by atoms with Crippen LogP contribution in [0.4, 0.5) is 0 Å². The molecular weight excluding hydrogens is 300 g/mol. The number of aliphatic hydroxyl groups excluding tert-OH is 1. The monoisotopic (exact) mass is 320 g/mol. The quantitative estimate of drug-likeness (QED) is 0.881. The molecule has 2 heterocycles. The molecular formula is C17H21ClN2O2. The highest BCUT2D eigenvalue weighted by molar-refractivity contribution is 6.30. The highest BCUT2D eigenvalue weighted by atomic mass is 35.5. The lowest BCUT2D eigenvalue weighted by molar-refractivity contribution is 0.192. The van der Waals surface area contributed by atoms with E-state index in [0.29, 0.717) is 6.04 Å². The third kappa shape index (κ3) is 3.69.